The van der Waals surface area contributed by atoms with Gasteiger partial charge in [0.1, 0.15) is 12.3 Å². The average molecular weight is 417 g/mol. The highest BCUT2D eigenvalue weighted by atomic mass is 32.2. The first-order chi connectivity index (χ1) is 13.3. The fourth-order valence-corrected chi connectivity index (χ4v) is 5.07. The summed E-state index contributed by atoms with van der Waals surface area (Å²) >= 11 is -0.673. The Kier molecular flexibility index (Phi) is 7.28. The van der Waals surface area contributed by atoms with Crippen LogP contribution in [0.15, 0.2) is 24.3 Å². The van der Waals surface area contributed by atoms with Crippen LogP contribution in [0, 0.1) is 23.0 Å². The van der Waals surface area contributed by atoms with E-state index in [4.69, 9.17) is 4.74 Å². The van der Waals surface area contributed by atoms with Crippen LogP contribution in [0.25, 0.3) is 0 Å². The van der Waals surface area contributed by atoms with Crippen LogP contribution in [-0.2, 0) is 16.1 Å². The van der Waals surface area contributed by atoms with Crippen LogP contribution < -0.4 is 4.47 Å². The fourth-order valence-electron chi connectivity index (χ4n) is 4.62. The van der Waals surface area contributed by atoms with Crippen molar-refractivity contribution in [3.63, 3.8) is 0 Å². The lowest BCUT2D eigenvalue weighted by Gasteiger charge is -2.39. The molecular weight excluding hydrogens is 391 g/mol. The monoisotopic (exact) mass is 417 g/mol. The van der Waals surface area contributed by atoms with Gasteiger partial charge < -0.3 is 9.94 Å². The van der Waals surface area contributed by atoms with E-state index in [0.29, 0.717) is 17.9 Å². The third kappa shape index (κ3) is 6.67. The number of rotatable bonds is 7. The molecule has 0 saturated heterocycles. The van der Waals surface area contributed by atoms with E-state index >= 15 is 0 Å². The van der Waals surface area contributed by atoms with Crippen molar-refractivity contribution in [2.24, 2.45) is 17.8 Å². The van der Waals surface area contributed by atoms with Crippen molar-refractivity contribution in [1.29, 1.82) is 0 Å². The van der Waals surface area contributed by atoms with Crippen LogP contribution in [0.4, 0.5) is 18.9 Å². The standard InChI is InChI=1S/C20H26F3NO3S/c21-20(22,23)28-24(26)18-6-2-5-17(12-18)13-27-19(25)8-7-16-10-14-3-1-4-15(9-14)11-16/h2,5-6,12,14-16,24H,1,3-4,7-11,13H2. The molecule has 3 unspecified atom stereocenters. The molecular formula is C20H26F3NO3S. The molecule has 2 saturated carbocycles. The number of nitrogens with one attached hydrogen (secondary N) is 1. The van der Waals surface area contributed by atoms with Gasteiger partial charge in [-0.3, -0.25) is 9.26 Å². The van der Waals surface area contributed by atoms with Crippen molar-refractivity contribution in [2.75, 3.05) is 0 Å². The third-order valence-electron chi connectivity index (χ3n) is 5.75. The van der Waals surface area contributed by atoms with Crippen LogP contribution >= 0.6 is 11.9 Å². The van der Waals surface area contributed by atoms with E-state index in [0.717, 1.165) is 18.3 Å². The number of fused-ring (bicyclic) bond motifs is 2. The number of quaternary nitrogens is 1. The van der Waals surface area contributed by atoms with Crippen molar-refractivity contribution < 1.29 is 27.2 Å². The lowest BCUT2D eigenvalue weighted by Crippen LogP contribution is -2.95. The van der Waals surface area contributed by atoms with E-state index in [1.54, 1.807) is 6.07 Å². The van der Waals surface area contributed by atoms with Crippen LogP contribution in [0.3, 0.4) is 0 Å². The van der Waals surface area contributed by atoms with E-state index in [-0.39, 0.29) is 18.3 Å². The first kappa shape index (κ1) is 21.5. The number of alkyl halides is 3. The molecule has 2 aliphatic rings. The van der Waals surface area contributed by atoms with Crippen LogP contribution in [0.2, 0.25) is 0 Å². The van der Waals surface area contributed by atoms with Crippen molar-refractivity contribution in [3.8, 4) is 0 Å². The average Bonchev–Trinajstić information content (AvgIpc) is 2.63. The molecule has 1 aromatic rings. The molecule has 2 aliphatic carbocycles. The summed E-state index contributed by atoms with van der Waals surface area (Å²) in [6.45, 7) is -0.0352. The Morgan fingerprint density at radius 2 is 1.93 bits per heavy atom. The van der Waals surface area contributed by atoms with Gasteiger partial charge in [-0.05, 0) is 49.0 Å². The second-order valence-electron chi connectivity index (χ2n) is 7.97. The molecule has 0 heterocycles. The minimum atomic E-state index is -4.61. The van der Waals surface area contributed by atoms with Gasteiger partial charge in [0.2, 0.25) is 0 Å². The van der Waals surface area contributed by atoms with Crippen molar-refractivity contribution >= 4 is 23.6 Å². The zero-order valence-electron chi connectivity index (χ0n) is 15.7. The van der Waals surface area contributed by atoms with Crippen molar-refractivity contribution in [3.05, 3.63) is 35.0 Å². The SMILES string of the molecule is O=C(CCC1CC2CCCC(C2)C1)OCc1cccc([NH+]([O-])SC(F)(F)F)c1. The molecule has 1 aromatic carbocycles. The minimum absolute atomic E-state index is 0.0352. The predicted octanol–water partition coefficient (Wildman–Crippen LogP) is 4.91. The number of hydrogen-bond acceptors (Lipinski definition) is 4. The number of esters is 1. The van der Waals surface area contributed by atoms with E-state index in [1.807, 2.05) is 0 Å². The Labute approximate surface area is 167 Å². The molecule has 8 heteroatoms. The molecule has 0 radical (unpaired) electrons. The normalized spacial score (nSPS) is 25.9. The molecule has 0 amide bonds. The molecule has 0 aliphatic heterocycles. The fraction of sp³-hybridized carbons (Fsp3) is 0.650. The molecule has 1 N–H and O–H groups in total. The van der Waals surface area contributed by atoms with Crippen LogP contribution in [0.5, 0.6) is 0 Å². The summed E-state index contributed by atoms with van der Waals surface area (Å²) in [5.74, 6) is 1.95. The summed E-state index contributed by atoms with van der Waals surface area (Å²) in [4.78, 5) is 12.1. The number of carbonyl (C=O) groups excluding carboxylic acids is 1. The van der Waals surface area contributed by atoms with Gasteiger partial charge in [-0.2, -0.15) is 13.2 Å². The number of ether oxygens (including phenoxy) is 1. The number of benzene rings is 1. The Balaban J connectivity index is 1.42. The summed E-state index contributed by atoms with van der Waals surface area (Å²) in [6, 6.07) is 5.79. The van der Waals surface area contributed by atoms with Gasteiger partial charge in [0, 0.05) is 18.6 Å². The van der Waals surface area contributed by atoms with Crippen LogP contribution in [0.1, 0.15) is 56.9 Å². The number of halogens is 3. The third-order valence-corrected chi connectivity index (χ3v) is 6.40. The molecule has 3 rings (SSSR count). The van der Waals surface area contributed by atoms with E-state index in [1.165, 1.54) is 56.7 Å². The number of carbonyl (C=O) groups is 1. The topological polar surface area (TPSA) is 53.8 Å². The summed E-state index contributed by atoms with van der Waals surface area (Å²) in [7, 11) is 0. The lowest BCUT2D eigenvalue weighted by molar-refractivity contribution is -0.614. The van der Waals surface area contributed by atoms with Gasteiger partial charge in [-0.1, -0.05) is 31.4 Å². The molecule has 2 bridgehead atoms. The summed E-state index contributed by atoms with van der Waals surface area (Å²) in [5, 5.41) is 11.6. The van der Waals surface area contributed by atoms with Crippen molar-refractivity contribution in [2.45, 2.75) is 63.5 Å². The Hall–Kier alpha value is -1.25. The first-order valence-electron chi connectivity index (χ1n) is 9.83. The van der Waals surface area contributed by atoms with Gasteiger partial charge >= 0.3 is 11.5 Å². The smallest absolute Gasteiger partial charge is 0.497 e. The highest BCUT2D eigenvalue weighted by Gasteiger charge is 2.36. The largest absolute Gasteiger partial charge is 0.616 e. The highest BCUT2D eigenvalue weighted by Crippen LogP contribution is 2.43. The number of hydrogen-bond donors (Lipinski definition) is 1. The maximum absolute atomic E-state index is 12.3. The molecule has 156 valence electrons. The second-order valence-corrected chi connectivity index (χ2v) is 9.01. The van der Waals surface area contributed by atoms with E-state index in [2.05, 4.69) is 0 Å². The molecule has 3 atom stereocenters. The molecule has 0 aromatic heterocycles. The minimum Gasteiger partial charge on any atom is -0.616 e. The maximum atomic E-state index is 12.3. The summed E-state index contributed by atoms with van der Waals surface area (Å²) in [5.41, 5.74) is -4.16. The lowest BCUT2D eigenvalue weighted by atomic mass is 9.67. The Morgan fingerprint density at radius 1 is 1.21 bits per heavy atom. The van der Waals surface area contributed by atoms with Crippen molar-refractivity contribution in [1.82, 2.24) is 0 Å². The van der Waals surface area contributed by atoms with E-state index in [9.17, 15) is 23.2 Å². The van der Waals surface area contributed by atoms with Crippen LogP contribution in [-0.4, -0.2) is 11.5 Å². The second kappa shape index (κ2) is 9.50. The van der Waals surface area contributed by atoms with Gasteiger partial charge in [-0.15, -0.1) is 0 Å². The van der Waals surface area contributed by atoms with Gasteiger partial charge in [0.25, 0.3) is 0 Å². The Morgan fingerprint density at radius 3 is 2.61 bits per heavy atom. The molecule has 28 heavy (non-hydrogen) atoms. The first-order valence-corrected chi connectivity index (χ1v) is 10.6. The summed E-state index contributed by atoms with van der Waals surface area (Å²) in [6.07, 6.45) is 8.96. The zero-order chi connectivity index (χ0) is 20.1. The highest BCUT2D eigenvalue weighted by molar-refractivity contribution is 7.94. The quantitative estimate of drug-likeness (QED) is 0.389. The predicted molar refractivity (Wildman–Crippen MR) is 101 cm³/mol. The zero-order valence-corrected chi connectivity index (χ0v) is 16.5. The van der Waals surface area contributed by atoms with Gasteiger partial charge in [0.15, 0.2) is 11.9 Å². The Bertz CT molecular complexity index is 658. The molecule has 4 nitrogen and oxygen atoms in total. The van der Waals surface area contributed by atoms with Gasteiger partial charge in [-0.25, -0.2) is 0 Å². The van der Waals surface area contributed by atoms with Gasteiger partial charge in [0.05, 0.1) is 0 Å². The summed E-state index contributed by atoms with van der Waals surface area (Å²) < 4.78 is 41.2. The molecule has 0 spiro atoms. The van der Waals surface area contributed by atoms with E-state index < -0.39 is 21.9 Å². The molecule has 2 fully saturated rings. The maximum Gasteiger partial charge on any atom is 0.497 e.